The summed E-state index contributed by atoms with van der Waals surface area (Å²) >= 11 is 0. The lowest BCUT2D eigenvalue weighted by molar-refractivity contribution is 0.248. The second-order valence-electron chi connectivity index (χ2n) is 4.92. The lowest BCUT2D eigenvalue weighted by Gasteiger charge is -2.12. The fraction of sp³-hybridized carbons (Fsp3) is 0.385. The highest BCUT2D eigenvalue weighted by atomic mass is 16.2. The zero-order valence-electron chi connectivity index (χ0n) is 11.2. The van der Waals surface area contributed by atoms with Gasteiger partial charge in [0.05, 0.1) is 0 Å². The monoisotopic (exact) mass is 272 g/mol. The van der Waals surface area contributed by atoms with Crippen molar-refractivity contribution in [2.75, 3.05) is 5.32 Å². The molecule has 1 aliphatic rings. The number of hydrogen-bond donors (Lipinski definition) is 2. The van der Waals surface area contributed by atoms with Crippen LogP contribution in [0.4, 0.5) is 10.6 Å². The quantitative estimate of drug-likeness (QED) is 0.885. The summed E-state index contributed by atoms with van der Waals surface area (Å²) in [5, 5.41) is 9.82. The van der Waals surface area contributed by atoms with E-state index in [2.05, 4.69) is 25.7 Å². The van der Waals surface area contributed by atoms with Crippen LogP contribution >= 0.6 is 0 Å². The summed E-state index contributed by atoms with van der Waals surface area (Å²) in [6, 6.07) is 3.41. The molecule has 104 valence electrons. The Bertz CT molecular complexity index is 592. The number of hydrogen-bond acceptors (Lipinski definition) is 4. The van der Waals surface area contributed by atoms with Crippen LogP contribution in [0.2, 0.25) is 0 Å². The average molecular weight is 272 g/mol. The SMILES string of the molecule is C[C@H](NC(=O)Nc1ccn(-c2ncccn2)n1)C1CC1. The molecule has 20 heavy (non-hydrogen) atoms. The van der Waals surface area contributed by atoms with Crippen molar-refractivity contribution in [3.8, 4) is 5.95 Å². The van der Waals surface area contributed by atoms with E-state index in [-0.39, 0.29) is 12.1 Å². The van der Waals surface area contributed by atoms with Gasteiger partial charge in [0.1, 0.15) is 0 Å². The molecule has 7 heteroatoms. The Kier molecular flexibility index (Phi) is 3.32. The van der Waals surface area contributed by atoms with Crippen LogP contribution in [0.3, 0.4) is 0 Å². The lowest BCUT2D eigenvalue weighted by atomic mass is 10.2. The predicted octanol–water partition coefficient (Wildman–Crippen LogP) is 1.58. The molecule has 2 heterocycles. The Morgan fingerprint density at radius 3 is 2.85 bits per heavy atom. The van der Waals surface area contributed by atoms with E-state index in [1.807, 2.05) is 6.92 Å². The smallest absolute Gasteiger partial charge is 0.320 e. The second kappa shape index (κ2) is 5.28. The van der Waals surface area contributed by atoms with Gasteiger partial charge >= 0.3 is 6.03 Å². The standard InChI is InChI=1S/C13H16N6O/c1-9(10-3-4-10)16-13(20)17-11-5-8-19(18-11)12-14-6-2-7-15-12/h2,5-10H,3-4H2,1H3,(H2,16,17,18,20)/t9-/m0/s1. The largest absolute Gasteiger partial charge is 0.335 e. The molecule has 3 rings (SSSR count). The third-order valence-corrected chi connectivity index (χ3v) is 3.28. The summed E-state index contributed by atoms with van der Waals surface area (Å²) in [5.74, 6) is 1.56. The van der Waals surface area contributed by atoms with Crippen LogP contribution < -0.4 is 10.6 Å². The molecule has 1 fully saturated rings. The molecule has 0 spiro atoms. The molecule has 0 aromatic carbocycles. The van der Waals surface area contributed by atoms with Gasteiger partial charge in [-0.15, -0.1) is 5.10 Å². The minimum Gasteiger partial charge on any atom is -0.335 e. The number of urea groups is 1. The van der Waals surface area contributed by atoms with Crippen molar-refractivity contribution >= 4 is 11.8 Å². The molecule has 2 amide bonds. The number of anilines is 1. The van der Waals surface area contributed by atoms with E-state index in [0.717, 1.165) is 0 Å². The van der Waals surface area contributed by atoms with Crippen molar-refractivity contribution in [3.05, 3.63) is 30.7 Å². The molecular weight excluding hydrogens is 256 g/mol. The highest BCUT2D eigenvalue weighted by Gasteiger charge is 2.28. The van der Waals surface area contributed by atoms with Crippen molar-refractivity contribution in [2.24, 2.45) is 5.92 Å². The third kappa shape index (κ3) is 2.93. The van der Waals surface area contributed by atoms with Crippen LogP contribution in [0.5, 0.6) is 0 Å². The summed E-state index contributed by atoms with van der Waals surface area (Å²) in [6.45, 7) is 2.02. The van der Waals surface area contributed by atoms with E-state index in [0.29, 0.717) is 17.7 Å². The van der Waals surface area contributed by atoms with Gasteiger partial charge in [-0.3, -0.25) is 5.32 Å². The highest BCUT2D eigenvalue weighted by Crippen LogP contribution is 2.32. The van der Waals surface area contributed by atoms with Gasteiger partial charge in [-0.1, -0.05) is 0 Å². The Morgan fingerprint density at radius 2 is 2.15 bits per heavy atom. The van der Waals surface area contributed by atoms with E-state index in [9.17, 15) is 4.79 Å². The minimum atomic E-state index is -0.233. The topological polar surface area (TPSA) is 84.7 Å². The molecule has 0 bridgehead atoms. The molecule has 1 saturated carbocycles. The second-order valence-corrected chi connectivity index (χ2v) is 4.92. The molecular formula is C13H16N6O. The average Bonchev–Trinajstić information content (AvgIpc) is 3.21. The molecule has 2 N–H and O–H groups in total. The van der Waals surface area contributed by atoms with Gasteiger partial charge in [0.2, 0.25) is 5.95 Å². The summed E-state index contributed by atoms with van der Waals surface area (Å²) in [6.07, 6.45) is 7.38. The van der Waals surface area contributed by atoms with E-state index in [1.165, 1.54) is 17.5 Å². The molecule has 1 atom stereocenters. The van der Waals surface area contributed by atoms with Crippen LogP contribution in [-0.2, 0) is 0 Å². The van der Waals surface area contributed by atoms with E-state index in [4.69, 9.17) is 0 Å². The number of nitrogens with zero attached hydrogens (tertiary/aromatic N) is 4. The Labute approximate surface area is 116 Å². The zero-order chi connectivity index (χ0) is 13.9. The Morgan fingerprint density at radius 1 is 1.40 bits per heavy atom. The normalized spacial score (nSPS) is 15.7. The molecule has 1 aliphatic carbocycles. The van der Waals surface area contributed by atoms with E-state index in [1.54, 1.807) is 30.7 Å². The summed E-state index contributed by atoms with van der Waals surface area (Å²) in [5.41, 5.74) is 0. The fourth-order valence-electron chi connectivity index (χ4n) is 1.98. The summed E-state index contributed by atoms with van der Waals surface area (Å²) in [7, 11) is 0. The summed E-state index contributed by atoms with van der Waals surface area (Å²) in [4.78, 5) is 20.0. The van der Waals surface area contributed by atoms with Crippen molar-refractivity contribution in [1.29, 1.82) is 0 Å². The molecule has 7 nitrogen and oxygen atoms in total. The van der Waals surface area contributed by atoms with Gasteiger partial charge in [0.25, 0.3) is 0 Å². The van der Waals surface area contributed by atoms with Crippen molar-refractivity contribution < 1.29 is 4.79 Å². The van der Waals surface area contributed by atoms with E-state index >= 15 is 0 Å². The van der Waals surface area contributed by atoms with Crippen LogP contribution in [0.15, 0.2) is 30.7 Å². The summed E-state index contributed by atoms with van der Waals surface area (Å²) < 4.78 is 1.51. The number of carbonyl (C=O) groups is 1. The predicted molar refractivity (Wildman–Crippen MR) is 73.5 cm³/mol. The Balaban J connectivity index is 1.61. The van der Waals surface area contributed by atoms with Gasteiger partial charge in [-0.25, -0.2) is 19.4 Å². The first kappa shape index (κ1) is 12.6. The van der Waals surface area contributed by atoms with E-state index < -0.39 is 0 Å². The maximum absolute atomic E-state index is 11.8. The zero-order valence-corrected chi connectivity index (χ0v) is 11.2. The fourth-order valence-corrected chi connectivity index (χ4v) is 1.98. The number of amides is 2. The molecule has 0 aliphatic heterocycles. The van der Waals surface area contributed by atoms with Crippen molar-refractivity contribution in [1.82, 2.24) is 25.1 Å². The maximum Gasteiger partial charge on any atom is 0.320 e. The first-order valence-corrected chi connectivity index (χ1v) is 6.63. The van der Waals surface area contributed by atoms with Gasteiger partial charge in [-0.2, -0.15) is 0 Å². The molecule has 2 aromatic rings. The minimum absolute atomic E-state index is 0.203. The first-order chi connectivity index (χ1) is 9.72. The molecule has 0 unspecified atom stereocenters. The number of aromatic nitrogens is 4. The number of rotatable bonds is 4. The van der Waals surface area contributed by atoms with Crippen LogP contribution in [-0.4, -0.2) is 31.8 Å². The van der Waals surface area contributed by atoms with Crippen LogP contribution in [0.25, 0.3) is 5.95 Å². The van der Waals surface area contributed by atoms with Crippen molar-refractivity contribution in [3.63, 3.8) is 0 Å². The lowest BCUT2D eigenvalue weighted by Crippen LogP contribution is -2.37. The van der Waals surface area contributed by atoms with Crippen molar-refractivity contribution in [2.45, 2.75) is 25.8 Å². The van der Waals surface area contributed by atoms with Gasteiger partial charge in [0, 0.05) is 30.7 Å². The van der Waals surface area contributed by atoms with Gasteiger partial charge in [-0.05, 0) is 31.7 Å². The highest BCUT2D eigenvalue weighted by molar-refractivity contribution is 5.88. The molecule has 0 radical (unpaired) electrons. The van der Waals surface area contributed by atoms with Crippen LogP contribution in [0, 0.1) is 5.92 Å². The van der Waals surface area contributed by atoms with Crippen LogP contribution in [0.1, 0.15) is 19.8 Å². The van der Waals surface area contributed by atoms with Gasteiger partial charge < -0.3 is 5.32 Å². The maximum atomic E-state index is 11.8. The Hall–Kier alpha value is -2.44. The third-order valence-electron chi connectivity index (χ3n) is 3.28. The molecule has 0 saturated heterocycles. The first-order valence-electron chi connectivity index (χ1n) is 6.63. The number of carbonyl (C=O) groups excluding carboxylic acids is 1. The molecule has 2 aromatic heterocycles. The van der Waals surface area contributed by atoms with Gasteiger partial charge in [0.15, 0.2) is 5.82 Å². The number of nitrogens with one attached hydrogen (secondary N) is 2.